The van der Waals surface area contributed by atoms with Crippen molar-refractivity contribution in [2.24, 2.45) is 0 Å². The van der Waals surface area contributed by atoms with Gasteiger partial charge in [0.25, 0.3) is 5.56 Å². The smallest absolute Gasteiger partial charge is 0.275 e. The van der Waals surface area contributed by atoms with Crippen molar-refractivity contribution in [3.8, 4) is 0 Å². The molecule has 2 heterocycles. The summed E-state index contributed by atoms with van der Waals surface area (Å²) in [5, 5.41) is 3.73. The van der Waals surface area contributed by atoms with Gasteiger partial charge in [0.15, 0.2) is 0 Å². The van der Waals surface area contributed by atoms with E-state index in [-0.39, 0.29) is 18.0 Å². The molecule has 0 radical (unpaired) electrons. The highest BCUT2D eigenvalue weighted by molar-refractivity contribution is 5.90. The molecule has 146 valence electrons. The van der Waals surface area contributed by atoms with Crippen LogP contribution in [0.4, 0.5) is 5.69 Å². The first-order chi connectivity index (χ1) is 14.1. The molecule has 0 bridgehead atoms. The van der Waals surface area contributed by atoms with Gasteiger partial charge < -0.3 is 14.5 Å². The Hall–Kier alpha value is -3.60. The van der Waals surface area contributed by atoms with E-state index in [4.69, 9.17) is 0 Å². The molecule has 5 nitrogen and oxygen atoms in total. The van der Waals surface area contributed by atoms with Crippen molar-refractivity contribution in [2.45, 2.75) is 26.4 Å². The van der Waals surface area contributed by atoms with Gasteiger partial charge in [-0.2, -0.15) is 0 Å². The monoisotopic (exact) mass is 385 g/mol. The van der Waals surface area contributed by atoms with Crippen molar-refractivity contribution in [1.82, 2.24) is 9.13 Å². The van der Waals surface area contributed by atoms with Crippen LogP contribution in [-0.4, -0.2) is 15.0 Å². The van der Waals surface area contributed by atoms with Crippen molar-refractivity contribution in [1.29, 1.82) is 0 Å². The molecule has 0 saturated carbocycles. The normalized spacial score (nSPS) is 10.9. The minimum atomic E-state index is -0.225. The molecule has 2 aromatic heterocycles. The van der Waals surface area contributed by atoms with Gasteiger partial charge in [-0.1, -0.05) is 49.4 Å². The maximum atomic E-state index is 13.0. The summed E-state index contributed by atoms with van der Waals surface area (Å²) in [6, 6.07) is 21.6. The second kappa shape index (κ2) is 8.19. The van der Waals surface area contributed by atoms with Gasteiger partial charge in [0.2, 0.25) is 5.91 Å². The Morgan fingerprint density at radius 1 is 0.862 bits per heavy atom. The average molecular weight is 385 g/mol. The van der Waals surface area contributed by atoms with E-state index in [1.807, 2.05) is 77.5 Å². The molecule has 1 N–H and O–H groups in total. The highest BCUT2D eigenvalue weighted by Crippen LogP contribution is 2.14. The Morgan fingerprint density at radius 2 is 1.55 bits per heavy atom. The molecule has 0 aliphatic rings. The van der Waals surface area contributed by atoms with Crippen molar-refractivity contribution >= 4 is 22.5 Å². The van der Waals surface area contributed by atoms with Crippen molar-refractivity contribution < 1.29 is 4.79 Å². The van der Waals surface area contributed by atoms with Crippen LogP contribution in [0.1, 0.15) is 18.1 Å². The van der Waals surface area contributed by atoms with E-state index >= 15 is 0 Å². The topological polar surface area (TPSA) is 56.0 Å². The van der Waals surface area contributed by atoms with E-state index in [1.54, 1.807) is 6.20 Å². The van der Waals surface area contributed by atoms with Crippen LogP contribution >= 0.6 is 0 Å². The zero-order valence-electron chi connectivity index (χ0n) is 16.3. The number of anilines is 1. The minimum Gasteiger partial charge on any atom is -0.339 e. The second-order valence-corrected chi connectivity index (χ2v) is 7.08. The van der Waals surface area contributed by atoms with Crippen LogP contribution in [0.15, 0.2) is 83.9 Å². The second-order valence-electron chi connectivity index (χ2n) is 7.08. The number of carbonyl (C=O) groups is 1. The Kier molecular flexibility index (Phi) is 5.29. The summed E-state index contributed by atoms with van der Waals surface area (Å²) >= 11 is 0. The van der Waals surface area contributed by atoms with Crippen LogP contribution < -0.4 is 10.9 Å². The van der Waals surface area contributed by atoms with Gasteiger partial charge >= 0.3 is 0 Å². The molecule has 0 spiro atoms. The molecule has 0 aliphatic heterocycles. The van der Waals surface area contributed by atoms with Crippen molar-refractivity contribution in [3.05, 3.63) is 101 Å². The molecule has 0 fully saturated rings. The summed E-state index contributed by atoms with van der Waals surface area (Å²) in [7, 11) is 0. The van der Waals surface area contributed by atoms with E-state index in [9.17, 15) is 9.59 Å². The number of amides is 1. The predicted octanol–water partition coefficient (Wildman–Crippen LogP) is 4.05. The van der Waals surface area contributed by atoms with Crippen LogP contribution in [-0.2, 0) is 24.3 Å². The number of hydrogen-bond acceptors (Lipinski definition) is 2. The third-order valence-electron chi connectivity index (χ3n) is 5.05. The summed E-state index contributed by atoms with van der Waals surface area (Å²) in [4.78, 5) is 25.5. The lowest BCUT2D eigenvalue weighted by Gasteiger charge is -2.10. The fraction of sp³-hybridized carbons (Fsp3) is 0.167. The van der Waals surface area contributed by atoms with Gasteiger partial charge in [0.1, 0.15) is 12.1 Å². The maximum absolute atomic E-state index is 13.0. The first kappa shape index (κ1) is 18.7. The number of pyridine rings is 1. The van der Waals surface area contributed by atoms with Crippen LogP contribution in [0.25, 0.3) is 10.9 Å². The zero-order chi connectivity index (χ0) is 20.2. The minimum absolute atomic E-state index is 0.0270. The molecular weight excluding hydrogens is 362 g/mol. The van der Waals surface area contributed by atoms with Crippen LogP contribution in [0.2, 0.25) is 0 Å². The van der Waals surface area contributed by atoms with Gasteiger partial charge in [0.05, 0.1) is 0 Å². The van der Waals surface area contributed by atoms with Crippen molar-refractivity contribution in [3.63, 3.8) is 0 Å². The molecule has 0 unspecified atom stereocenters. The third kappa shape index (κ3) is 4.14. The standard InChI is InChI=1S/C24H23N3O2/c1-2-18-8-10-21(11-9-18)25-22(28)17-27-15-13-20-12-14-26(23(20)24(27)29)16-19-6-4-3-5-7-19/h3-15H,2,16-17H2,1H3,(H,25,28). The Balaban J connectivity index is 1.55. The van der Waals surface area contributed by atoms with Crippen LogP contribution in [0.5, 0.6) is 0 Å². The number of aryl methyl sites for hydroxylation is 1. The lowest BCUT2D eigenvalue weighted by atomic mass is 10.1. The quantitative estimate of drug-likeness (QED) is 0.544. The molecule has 4 rings (SSSR count). The van der Waals surface area contributed by atoms with Crippen LogP contribution in [0, 0.1) is 0 Å². The number of fused-ring (bicyclic) bond motifs is 1. The molecule has 2 aromatic carbocycles. The number of benzene rings is 2. The molecule has 5 heteroatoms. The number of hydrogen-bond donors (Lipinski definition) is 1. The molecule has 0 aliphatic carbocycles. The van der Waals surface area contributed by atoms with Gasteiger partial charge in [-0.15, -0.1) is 0 Å². The fourth-order valence-electron chi connectivity index (χ4n) is 3.46. The molecule has 0 saturated heterocycles. The first-order valence-corrected chi connectivity index (χ1v) is 9.75. The summed E-state index contributed by atoms with van der Waals surface area (Å²) in [6.07, 6.45) is 4.54. The number of aromatic nitrogens is 2. The molecule has 0 atom stereocenters. The number of nitrogens with zero attached hydrogens (tertiary/aromatic N) is 2. The van der Waals surface area contributed by atoms with E-state index < -0.39 is 0 Å². The highest BCUT2D eigenvalue weighted by Gasteiger charge is 2.11. The van der Waals surface area contributed by atoms with E-state index in [0.717, 1.165) is 23.1 Å². The zero-order valence-corrected chi connectivity index (χ0v) is 16.3. The Labute approximate surface area is 169 Å². The van der Waals surface area contributed by atoms with E-state index in [0.29, 0.717) is 12.1 Å². The molecule has 4 aromatic rings. The lowest BCUT2D eigenvalue weighted by Crippen LogP contribution is -2.28. The molecular formula is C24H23N3O2. The highest BCUT2D eigenvalue weighted by atomic mass is 16.2. The Morgan fingerprint density at radius 3 is 2.24 bits per heavy atom. The van der Waals surface area contributed by atoms with Gasteiger partial charge in [-0.3, -0.25) is 9.59 Å². The summed E-state index contributed by atoms with van der Waals surface area (Å²) < 4.78 is 3.39. The first-order valence-electron chi connectivity index (χ1n) is 9.75. The van der Waals surface area contributed by atoms with Gasteiger partial charge in [-0.05, 0) is 41.8 Å². The number of nitrogens with one attached hydrogen (secondary N) is 1. The lowest BCUT2D eigenvalue weighted by molar-refractivity contribution is -0.116. The van der Waals surface area contributed by atoms with Crippen LogP contribution in [0.3, 0.4) is 0 Å². The van der Waals surface area contributed by atoms with Gasteiger partial charge in [-0.25, -0.2) is 0 Å². The number of rotatable bonds is 6. The summed E-state index contributed by atoms with van der Waals surface area (Å²) in [5.74, 6) is -0.225. The Bertz CT molecular complexity index is 1190. The maximum Gasteiger partial charge on any atom is 0.275 e. The fourth-order valence-corrected chi connectivity index (χ4v) is 3.46. The summed E-state index contributed by atoms with van der Waals surface area (Å²) in [5.41, 5.74) is 3.50. The largest absolute Gasteiger partial charge is 0.339 e. The molecule has 29 heavy (non-hydrogen) atoms. The SMILES string of the molecule is CCc1ccc(NC(=O)Cn2ccc3ccn(Cc4ccccc4)c3c2=O)cc1. The predicted molar refractivity (Wildman–Crippen MR) is 116 cm³/mol. The summed E-state index contributed by atoms with van der Waals surface area (Å²) in [6.45, 7) is 2.67. The van der Waals surface area contributed by atoms with E-state index in [2.05, 4.69) is 12.2 Å². The van der Waals surface area contributed by atoms with Crippen molar-refractivity contribution in [2.75, 3.05) is 5.32 Å². The number of carbonyl (C=O) groups excluding carboxylic acids is 1. The third-order valence-corrected chi connectivity index (χ3v) is 5.05. The van der Waals surface area contributed by atoms with Gasteiger partial charge in [0, 0.05) is 30.0 Å². The van der Waals surface area contributed by atoms with E-state index in [1.165, 1.54) is 10.1 Å². The molecule has 1 amide bonds. The average Bonchev–Trinajstić information content (AvgIpc) is 3.15.